The smallest absolute Gasteiger partial charge is 0.170 e. The topological polar surface area (TPSA) is 115 Å². The zero-order valence-corrected chi connectivity index (χ0v) is 13.9. The Hall–Kier alpha value is -1.76. The van der Waals surface area contributed by atoms with Gasteiger partial charge in [0.1, 0.15) is 23.2 Å². The van der Waals surface area contributed by atoms with Gasteiger partial charge in [0.25, 0.3) is 0 Å². The molecule has 25 heavy (non-hydrogen) atoms. The highest BCUT2D eigenvalue weighted by molar-refractivity contribution is 6.05. The van der Waals surface area contributed by atoms with Crippen molar-refractivity contribution in [2.75, 3.05) is 0 Å². The van der Waals surface area contributed by atoms with Crippen molar-refractivity contribution in [3.8, 4) is 5.75 Å². The van der Waals surface area contributed by atoms with Gasteiger partial charge in [0, 0.05) is 23.5 Å². The number of aliphatic hydroxyl groups is 3. The van der Waals surface area contributed by atoms with Crippen molar-refractivity contribution >= 4 is 11.6 Å². The molecule has 0 aromatic heterocycles. The third-order valence-electron chi connectivity index (χ3n) is 6.39. The average Bonchev–Trinajstić information content (AvgIpc) is 2.54. The Kier molecular flexibility index (Phi) is 3.58. The van der Waals surface area contributed by atoms with Gasteiger partial charge in [-0.05, 0) is 30.7 Å². The zero-order chi connectivity index (χ0) is 18.1. The lowest BCUT2D eigenvalue weighted by Crippen LogP contribution is -2.66. The lowest BCUT2D eigenvalue weighted by Gasteiger charge is -2.55. The fourth-order valence-corrected chi connectivity index (χ4v) is 5.34. The Balaban J connectivity index is 1.90. The summed E-state index contributed by atoms with van der Waals surface area (Å²) >= 11 is 0. The Bertz CT molecular complexity index is 758. The van der Waals surface area contributed by atoms with E-state index in [1.165, 1.54) is 18.2 Å². The van der Waals surface area contributed by atoms with Crippen molar-refractivity contribution in [1.29, 1.82) is 0 Å². The Morgan fingerprint density at radius 2 is 1.88 bits per heavy atom. The van der Waals surface area contributed by atoms with Crippen LogP contribution in [0.5, 0.6) is 5.75 Å². The number of aliphatic hydroxyl groups excluding tert-OH is 2. The second-order valence-electron chi connectivity index (χ2n) is 7.92. The SMILES string of the molecule is CC1CC(=O)C2C(C1)CC(O)C1(O)C(O)c3c(O)cccc3C(=O)C21. The van der Waals surface area contributed by atoms with Gasteiger partial charge in [-0.15, -0.1) is 0 Å². The van der Waals surface area contributed by atoms with E-state index in [1.807, 2.05) is 6.92 Å². The maximum atomic E-state index is 13.1. The average molecular weight is 346 g/mol. The minimum Gasteiger partial charge on any atom is -0.508 e. The van der Waals surface area contributed by atoms with Crippen LogP contribution in [0.4, 0.5) is 0 Å². The molecule has 0 saturated heterocycles. The second kappa shape index (κ2) is 5.37. The number of Topliss-reactive ketones (excluding diaryl/α,β-unsaturated/α-hetero) is 2. The summed E-state index contributed by atoms with van der Waals surface area (Å²) in [4.78, 5) is 25.8. The van der Waals surface area contributed by atoms with Gasteiger partial charge < -0.3 is 20.4 Å². The van der Waals surface area contributed by atoms with E-state index in [1.54, 1.807) is 0 Å². The molecule has 0 bridgehead atoms. The van der Waals surface area contributed by atoms with Crippen LogP contribution in [0.2, 0.25) is 0 Å². The first-order valence-corrected chi connectivity index (χ1v) is 8.74. The molecule has 2 saturated carbocycles. The van der Waals surface area contributed by atoms with Crippen LogP contribution in [0.15, 0.2) is 18.2 Å². The number of fused-ring (bicyclic) bond motifs is 4. The molecule has 6 nitrogen and oxygen atoms in total. The number of ketones is 2. The number of aromatic hydroxyl groups is 1. The summed E-state index contributed by atoms with van der Waals surface area (Å²) in [5.41, 5.74) is -2.12. The summed E-state index contributed by atoms with van der Waals surface area (Å²) in [6.07, 6.45) is -1.78. The number of phenols is 1. The lowest BCUT2D eigenvalue weighted by atomic mass is 9.51. The van der Waals surface area contributed by atoms with E-state index in [4.69, 9.17) is 0 Å². The van der Waals surface area contributed by atoms with Gasteiger partial charge in [0.15, 0.2) is 5.78 Å². The van der Waals surface area contributed by atoms with Gasteiger partial charge >= 0.3 is 0 Å². The number of phenolic OH excluding ortho intramolecular Hbond substituents is 1. The van der Waals surface area contributed by atoms with Gasteiger partial charge in [0.05, 0.1) is 12.0 Å². The standard InChI is InChI=1S/C19H22O6/c1-8-5-9-7-13(22)19(25)16(14(9)12(21)6-8)17(23)10-3-2-4-11(20)15(10)18(19)24/h2-4,8-9,13-14,16,18,20,22,24-25H,5-7H2,1H3. The first-order chi connectivity index (χ1) is 11.8. The maximum Gasteiger partial charge on any atom is 0.170 e. The largest absolute Gasteiger partial charge is 0.508 e. The summed E-state index contributed by atoms with van der Waals surface area (Å²) in [5.74, 6) is -2.80. The highest BCUT2D eigenvalue weighted by atomic mass is 16.4. The molecule has 1 aromatic rings. The molecule has 7 atom stereocenters. The quantitative estimate of drug-likeness (QED) is 0.556. The molecule has 0 spiro atoms. The van der Waals surface area contributed by atoms with E-state index >= 15 is 0 Å². The van der Waals surface area contributed by atoms with Crippen LogP contribution < -0.4 is 0 Å². The van der Waals surface area contributed by atoms with E-state index in [-0.39, 0.29) is 40.9 Å². The normalized spacial score (nSPS) is 43.2. The predicted octanol–water partition coefficient (Wildman–Crippen LogP) is 0.965. The fourth-order valence-electron chi connectivity index (χ4n) is 5.34. The predicted molar refractivity (Wildman–Crippen MR) is 86.8 cm³/mol. The van der Waals surface area contributed by atoms with Crippen molar-refractivity contribution in [1.82, 2.24) is 0 Å². The summed E-state index contributed by atoms with van der Waals surface area (Å²) in [6, 6.07) is 4.29. The molecule has 7 unspecified atom stereocenters. The number of benzene rings is 1. The molecule has 4 N–H and O–H groups in total. The van der Waals surface area contributed by atoms with Crippen LogP contribution in [0.25, 0.3) is 0 Å². The number of carbonyl (C=O) groups excluding carboxylic acids is 2. The van der Waals surface area contributed by atoms with E-state index < -0.39 is 35.4 Å². The molecule has 6 heteroatoms. The molecule has 1 aromatic carbocycles. The maximum absolute atomic E-state index is 13.1. The highest BCUT2D eigenvalue weighted by Crippen LogP contribution is 2.56. The number of hydrogen-bond donors (Lipinski definition) is 4. The Labute approximate surface area is 145 Å². The first-order valence-electron chi connectivity index (χ1n) is 8.74. The first kappa shape index (κ1) is 16.7. The van der Waals surface area contributed by atoms with Gasteiger partial charge in [-0.2, -0.15) is 0 Å². The summed E-state index contributed by atoms with van der Waals surface area (Å²) in [6.45, 7) is 1.96. The summed E-state index contributed by atoms with van der Waals surface area (Å²) in [7, 11) is 0. The molecular weight excluding hydrogens is 324 g/mol. The number of carbonyl (C=O) groups is 2. The second-order valence-corrected chi connectivity index (χ2v) is 7.92. The van der Waals surface area contributed by atoms with Crippen molar-refractivity contribution in [2.45, 2.75) is 44.0 Å². The molecule has 0 radical (unpaired) electrons. The van der Waals surface area contributed by atoms with Crippen LogP contribution in [-0.2, 0) is 4.79 Å². The molecule has 0 heterocycles. The van der Waals surface area contributed by atoms with Crippen molar-refractivity contribution in [3.63, 3.8) is 0 Å². The molecule has 2 fully saturated rings. The van der Waals surface area contributed by atoms with Crippen LogP contribution in [0.3, 0.4) is 0 Å². The minimum atomic E-state index is -2.17. The van der Waals surface area contributed by atoms with E-state index in [0.29, 0.717) is 12.8 Å². The van der Waals surface area contributed by atoms with Gasteiger partial charge in [-0.3, -0.25) is 9.59 Å². The number of rotatable bonds is 0. The van der Waals surface area contributed by atoms with E-state index in [0.717, 1.165) is 0 Å². The van der Waals surface area contributed by atoms with E-state index in [9.17, 15) is 30.0 Å². The van der Waals surface area contributed by atoms with Crippen LogP contribution in [-0.4, -0.2) is 43.7 Å². The van der Waals surface area contributed by atoms with Crippen LogP contribution in [0, 0.1) is 23.7 Å². The third-order valence-corrected chi connectivity index (χ3v) is 6.39. The fraction of sp³-hybridized carbons (Fsp3) is 0.579. The highest BCUT2D eigenvalue weighted by Gasteiger charge is 2.65. The number of hydrogen-bond acceptors (Lipinski definition) is 6. The lowest BCUT2D eigenvalue weighted by molar-refractivity contribution is -0.216. The Morgan fingerprint density at radius 3 is 2.60 bits per heavy atom. The van der Waals surface area contributed by atoms with Gasteiger partial charge in [-0.25, -0.2) is 0 Å². The van der Waals surface area contributed by atoms with Crippen LogP contribution >= 0.6 is 0 Å². The molecule has 0 amide bonds. The van der Waals surface area contributed by atoms with Gasteiger partial charge in [-0.1, -0.05) is 19.1 Å². The summed E-state index contributed by atoms with van der Waals surface area (Å²) in [5, 5.41) is 42.7. The van der Waals surface area contributed by atoms with Crippen molar-refractivity contribution < 1.29 is 30.0 Å². The van der Waals surface area contributed by atoms with Gasteiger partial charge in [0.2, 0.25) is 0 Å². The molecule has 134 valence electrons. The molecule has 3 aliphatic rings. The van der Waals surface area contributed by atoms with E-state index in [2.05, 4.69) is 0 Å². The molecule has 0 aliphatic heterocycles. The Morgan fingerprint density at radius 1 is 1.16 bits per heavy atom. The van der Waals surface area contributed by atoms with Crippen molar-refractivity contribution in [3.05, 3.63) is 29.3 Å². The van der Waals surface area contributed by atoms with Crippen LogP contribution in [0.1, 0.15) is 48.2 Å². The zero-order valence-electron chi connectivity index (χ0n) is 13.9. The third kappa shape index (κ3) is 2.08. The molecular formula is C19H22O6. The summed E-state index contributed by atoms with van der Waals surface area (Å²) < 4.78 is 0. The van der Waals surface area contributed by atoms with Crippen molar-refractivity contribution in [2.24, 2.45) is 23.7 Å². The molecule has 4 rings (SSSR count). The molecule has 3 aliphatic carbocycles. The monoisotopic (exact) mass is 346 g/mol. The minimum absolute atomic E-state index is 0.0691.